The second kappa shape index (κ2) is 17.6. The molecule has 0 aromatic carbocycles. The van der Waals surface area contributed by atoms with Crippen LogP contribution in [0.4, 0.5) is 0 Å². The molecule has 63 heavy (non-hydrogen) atoms. The Morgan fingerprint density at radius 1 is 0.587 bits per heavy atom. The van der Waals surface area contributed by atoms with Gasteiger partial charge in [-0.3, -0.25) is 0 Å². The zero-order valence-electron chi connectivity index (χ0n) is 36.6. The highest BCUT2D eigenvalue weighted by molar-refractivity contribution is 5.17. The number of rotatable bonds is 8. The largest absolute Gasteiger partial charge is 0.394 e. The molecular weight excluding hydrogens is 832 g/mol. The zero-order chi connectivity index (χ0) is 45.1. The maximum absolute atomic E-state index is 12.0. The minimum atomic E-state index is -1.89. The van der Waals surface area contributed by atoms with Crippen LogP contribution in [0.2, 0.25) is 0 Å². The molecule has 5 aliphatic heterocycles. The van der Waals surface area contributed by atoms with Crippen LogP contribution in [0.5, 0.6) is 0 Å². The average molecular weight is 905 g/mol. The van der Waals surface area contributed by atoms with Crippen molar-refractivity contribution in [1.82, 2.24) is 0 Å². The van der Waals surface area contributed by atoms with Gasteiger partial charge in [-0.05, 0) is 91.3 Å². The second-order valence-corrected chi connectivity index (χ2v) is 21.4. The molecule has 0 aromatic rings. The van der Waals surface area contributed by atoms with E-state index in [1.54, 1.807) is 0 Å². The summed E-state index contributed by atoms with van der Waals surface area (Å²) in [5.74, 6) is 1.32. The highest BCUT2D eigenvalue weighted by Crippen LogP contribution is 2.71. The minimum absolute atomic E-state index is 0.0465. The smallest absolute Gasteiger partial charge is 0.187 e. The van der Waals surface area contributed by atoms with Crippen LogP contribution < -0.4 is 0 Å². The molecule has 0 radical (unpaired) electrons. The van der Waals surface area contributed by atoms with Gasteiger partial charge in [-0.2, -0.15) is 0 Å². The Kier molecular flexibility index (Phi) is 13.2. The van der Waals surface area contributed by atoms with Gasteiger partial charge in [0.1, 0.15) is 67.1 Å². The van der Waals surface area contributed by atoms with Gasteiger partial charge in [-0.25, -0.2) is 0 Å². The highest BCUT2D eigenvalue weighted by atomic mass is 16.8. The molecule has 0 bridgehead atoms. The van der Waals surface area contributed by atoms with Crippen LogP contribution in [0.3, 0.4) is 0 Å². The fraction of sp³-hybridized carbons (Fsp3) is 1.00. The Labute approximate surface area is 367 Å². The molecule has 28 unspecified atom stereocenters. The summed E-state index contributed by atoms with van der Waals surface area (Å²) >= 11 is 0. The Bertz CT molecular complexity index is 1590. The first-order valence-electron chi connectivity index (χ1n) is 23.4. The van der Waals surface area contributed by atoms with E-state index in [1.807, 2.05) is 0 Å². The molecule has 19 nitrogen and oxygen atoms in total. The van der Waals surface area contributed by atoms with Crippen molar-refractivity contribution in [3.8, 4) is 0 Å². The number of hydrogen-bond donors (Lipinski definition) is 11. The third kappa shape index (κ3) is 7.78. The molecule has 19 heteroatoms. The lowest BCUT2D eigenvalue weighted by Crippen LogP contribution is -2.66. The average Bonchev–Trinajstić information content (AvgIpc) is 3.70. The SMILES string of the molecule is CC1CCC2(OC1)OC1CC3C4CC(O)C5CC(OC6OC(CO)C(OC7OC(CO)C(O)C(OC8OCC(O)C(O)C8O)C7O)C(O)C6O)C(O)CC5(C)C4CCC3(C)C1C2C. The van der Waals surface area contributed by atoms with Crippen molar-refractivity contribution >= 4 is 0 Å². The third-order valence-corrected chi connectivity index (χ3v) is 17.9. The van der Waals surface area contributed by atoms with Crippen LogP contribution in [0.1, 0.15) is 79.1 Å². The van der Waals surface area contributed by atoms with Crippen LogP contribution in [0.25, 0.3) is 0 Å². The van der Waals surface area contributed by atoms with E-state index in [1.165, 1.54) is 0 Å². The Balaban J connectivity index is 0.844. The van der Waals surface area contributed by atoms with Crippen LogP contribution in [-0.4, -0.2) is 199 Å². The van der Waals surface area contributed by atoms with Crippen molar-refractivity contribution in [1.29, 1.82) is 0 Å². The Morgan fingerprint density at radius 3 is 1.97 bits per heavy atom. The lowest BCUT2D eigenvalue weighted by molar-refractivity contribution is -0.380. The van der Waals surface area contributed by atoms with Gasteiger partial charge >= 0.3 is 0 Å². The number of hydrogen-bond acceptors (Lipinski definition) is 19. The van der Waals surface area contributed by atoms with Gasteiger partial charge in [0.05, 0.1) is 50.8 Å². The fourth-order valence-electron chi connectivity index (χ4n) is 14.5. The number of aliphatic hydroxyl groups excluding tert-OH is 11. The first-order valence-corrected chi connectivity index (χ1v) is 23.4. The van der Waals surface area contributed by atoms with Gasteiger partial charge in [-0.15, -0.1) is 0 Å². The predicted octanol–water partition coefficient (Wildman–Crippen LogP) is -2.15. The zero-order valence-corrected chi connectivity index (χ0v) is 36.6. The molecule has 5 saturated heterocycles. The number of fused-ring (bicyclic) bond motifs is 7. The summed E-state index contributed by atoms with van der Waals surface area (Å²) in [6, 6.07) is 0. The van der Waals surface area contributed by atoms with Crippen molar-refractivity contribution in [3.05, 3.63) is 0 Å². The van der Waals surface area contributed by atoms with Gasteiger partial charge in [0.15, 0.2) is 24.7 Å². The van der Waals surface area contributed by atoms with Crippen molar-refractivity contribution in [2.24, 2.45) is 52.3 Å². The van der Waals surface area contributed by atoms with Crippen molar-refractivity contribution in [2.45, 2.75) is 195 Å². The molecule has 362 valence electrons. The monoisotopic (exact) mass is 904 g/mol. The van der Waals surface area contributed by atoms with Crippen LogP contribution >= 0.6 is 0 Å². The summed E-state index contributed by atoms with van der Waals surface area (Å²) in [6.07, 6.45) is -19.3. The minimum Gasteiger partial charge on any atom is -0.394 e. The Morgan fingerprint density at radius 2 is 1.27 bits per heavy atom. The van der Waals surface area contributed by atoms with Crippen molar-refractivity contribution in [2.75, 3.05) is 26.4 Å². The summed E-state index contributed by atoms with van der Waals surface area (Å²) in [5.41, 5.74) is -0.357. The van der Waals surface area contributed by atoms with Crippen LogP contribution in [0.15, 0.2) is 0 Å². The van der Waals surface area contributed by atoms with Gasteiger partial charge in [0.25, 0.3) is 0 Å². The van der Waals surface area contributed by atoms with Crippen LogP contribution in [-0.2, 0) is 37.9 Å². The van der Waals surface area contributed by atoms with Crippen LogP contribution in [0, 0.1) is 52.3 Å². The molecule has 9 rings (SSSR count). The number of ether oxygens (including phenoxy) is 8. The topological polar surface area (TPSA) is 296 Å². The van der Waals surface area contributed by atoms with E-state index >= 15 is 0 Å². The molecule has 0 aromatic heterocycles. The number of aliphatic hydroxyl groups is 11. The van der Waals surface area contributed by atoms with Crippen molar-refractivity contribution in [3.63, 3.8) is 0 Å². The summed E-state index contributed by atoms with van der Waals surface area (Å²) in [7, 11) is 0. The fourth-order valence-corrected chi connectivity index (χ4v) is 14.5. The molecule has 9 aliphatic rings. The van der Waals surface area contributed by atoms with Gasteiger partial charge in [0, 0.05) is 12.3 Å². The summed E-state index contributed by atoms with van der Waals surface area (Å²) in [6.45, 7) is 7.91. The first kappa shape index (κ1) is 47.3. The maximum atomic E-state index is 12.0. The normalized spacial score (nSPS) is 59.4. The quantitative estimate of drug-likeness (QED) is 0.116. The summed E-state index contributed by atoms with van der Waals surface area (Å²) < 4.78 is 48.0. The summed E-state index contributed by atoms with van der Waals surface area (Å²) in [5, 5.41) is 120. The first-order chi connectivity index (χ1) is 29.8. The molecule has 1 spiro atoms. The highest BCUT2D eigenvalue weighted by Gasteiger charge is 2.70. The molecule has 9 fully saturated rings. The second-order valence-electron chi connectivity index (χ2n) is 21.4. The summed E-state index contributed by atoms with van der Waals surface area (Å²) in [4.78, 5) is 0. The van der Waals surface area contributed by atoms with E-state index in [-0.39, 0.29) is 41.6 Å². The molecule has 28 atom stereocenters. The van der Waals surface area contributed by atoms with Crippen molar-refractivity contribution < 1.29 is 94.1 Å². The van der Waals surface area contributed by atoms with E-state index in [4.69, 9.17) is 37.9 Å². The maximum Gasteiger partial charge on any atom is 0.187 e. The molecule has 0 amide bonds. The third-order valence-electron chi connectivity index (χ3n) is 17.9. The standard InChI is InChI=1S/C44H72O19/c1-17-5-8-44(57-15-17)18(2)30-27(63-44)10-21-19-9-23(47)22-11-26(24(48)12-43(22,4)20(19)6-7-42(21,30)3)58-40-35(54)33(52)37(29(14-46)60-40)61-41-36(55)38(32(51)28(13-45)59-41)62-39-34(53)31(50)25(49)16-56-39/h17-41,45-55H,5-16H2,1-4H3. The lowest BCUT2D eigenvalue weighted by Gasteiger charge is -2.63. The molecule has 11 N–H and O–H groups in total. The Hall–Kier alpha value is -0.760. The van der Waals surface area contributed by atoms with E-state index in [9.17, 15) is 56.2 Å². The lowest BCUT2D eigenvalue weighted by atomic mass is 9.43. The molecule has 5 heterocycles. The molecular formula is C44H72O19. The van der Waals surface area contributed by atoms with E-state index in [0.29, 0.717) is 30.6 Å². The van der Waals surface area contributed by atoms with E-state index < -0.39 is 135 Å². The van der Waals surface area contributed by atoms with E-state index in [0.717, 1.165) is 38.7 Å². The van der Waals surface area contributed by atoms with E-state index in [2.05, 4.69) is 27.7 Å². The molecule has 4 aliphatic carbocycles. The van der Waals surface area contributed by atoms with Gasteiger partial charge in [-0.1, -0.05) is 27.7 Å². The predicted molar refractivity (Wildman–Crippen MR) is 212 cm³/mol. The van der Waals surface area contributed by atoms with Gasteiger partial charge in [0.2, 0.25) is 0 Å². The van der Waals surface area contributed by atoms with Gasteiger partial charge < -0.3 is 94.1 Å². The molecule has 4 saturated carbocycles.